The molecule has 3 rings (SSSR count). The molecule has 2 aromatic rings. The Balaban J connectivity index is 1.62. The molecule has 5 nitrogen and oxygen atoms in total. The lowest BCUT2D eigenvalue weighted by molar-refractivity contribution is -0.116. The quantitative estimate of drug-likeness (QED) is 0.823. The van der Waals surface area contributed by atoms with Crippen LogP contribution in [0.3, 0.4) is 0 Å². The molecule has 0 atom stereocenters. The second-order valence-corrected chi connectivity index (χ2v) is 6.76. The number of rotatable bonds is 4. The monoisotopic (exact) mass is 397 g/mol. The zero-order valence-electron chi connectivity index (χ0n) is 13.0. The Bertz CT molecular complexity index is 829. The Morgan fingerprint density at radius 1 is 1.04 bits per heavy atom. The standard InChI is InChI=1S/C17H14Cl3N3O2/c18-11-2-1-3-13(8-11)23-7-6-22(17(23)25)10-16(24)21-12-4-5-14(19)15(20)9-12/h1-5,8-9H,6-7,10H2,(H,21,24). The number of benzene rings is 2. The molecule has 1 N–H and O–H groups in total. The molecular formula is C17H14Cl3N3O2. The maximum absolute atomic E-state index is 12.5. The number of anilines is 2. The van der Waals surface area contributed by atoms with Gasteiger partial charge in [0, 0.05) is 29.5 Å². The summed E-state index contributed by atoms with van der Waals surface area (Å²) < 4.78 is 0. The summed E-state index contributed by atoms with van der Waals surface area (Å²) >= 11 is 17.7. The fraction of sp³-hybridized carbons (Fsp3) is 0.176. The third-order valence-corrected chi connectivity index (χ3v) is 4.73. The van der Waals surface area contributed by atoms with Gasteiger partial charge in [-0.05, 0) is 36.4 Å². The van der Waals surface area contributed by atoms with Crippen molar-refractivity contribution in [3.05, 3.63) is 57.5 Å². The molecule has 0 radical (unpaired) electrons. The molecule has 2 aromatic carbocycles. The van der Waals surface area contributed by atoms with E-state index in [0.717, 1.165) is 0 Å². The van der Waals surface area contributed by atoms with Crippen molar-refractivity contribution in [3.63, 3.8) is 0 Å². The highest BCUT2D eigenvalue weighted by Gasteiger charge is 2.30. The SMILES string of the molecule is O=C(CN1CCN(c2cccc(Cl)c2)C1=O)Nc1ccc(Cl)c(Cl)c1. The molecule has 0 spiro atoms. The van der Waals surface area contributed by atoms with Gasteiger partial charge in [-0.15, -0.1) is 0 Å². The fourth-order valence-corrected chi connectivity index (χ4v) is 3.04. The van der Waals surface area contributed by atoms with E-state index < -0.39 is 0 Å². The second kappa shape index (κ2) is 7.52. The van der Waals surface area contributed by atoms with Crippen LogP contribution in [-0.2, 0) is 4.79 Å². The molecule has 25 heavy (non-hydrogen) atoms. The van der Waals surface area contributed by atoms with E-state index in [2.05, 4.69) is 5.32 Å². The molecule has 1 saturated heterocycles. The van der Waals surface area contributed by atoms with Gasteiger partial charge in [-0.1, -0.05) is 40.9 Å². The van der Waals surface area contributed by atoms with E-state index >= 15 is 0 Å². The molecule has 1 fully saturated rings. The van der Waals surface area contributed by atoms with E-state index in [0.29, 0.717) is 39.5 Å². The topological polar surface area (TPSA) is 52.7 Å². The average molecular weight is 399 g/mol. The van der Waals surface area contributed by atoms with Crippen LogP contribution >= 0.6 is 34.8 Å². The van der Waals surface area contributed by atoms with Crippen LogP contribution in [0.15, 0.2) is 42.5 Å². The van der Waals surface area contributed by atoms with Gasteiger partial charge in [0.1, 0.15) is 6.54 Å². The normalized spacial score (nSPS) is 14.1. The number of amides is 3. The van der Waals surface area contributed by atoms with E-state index in [1.54, 1.807) is 41.3 Å². The second-order valence-electron chi connectivity index (χ2n) is 5.51. The molecular weight excluding hydrogens is 385 g/mol. The summed E-state index contributed by atoms with van der Waals surface area (Å²) in [7, 11) is 0. The van der Waals surface area contributed by atoms with Crippen molar-refractivity contribution in [2.45, 2.75) is 0 Å². The van der Waals surface area contributed by atoms with Gasteiger partial charge >= 0.3 is 6.03 Å². The van der Waals surface area contributed by atoms with Crippen LogP contribution in [0.2, 0.25) is 15.1 Å². The average Bonchev–Trinajstić information content (AvgIpc) is 2.92. The van der Waals surface area contributed by atoms with Gasteiger partial charge in [0.25, 0.3) is 0 Å². The van der Waals surface area contributed by atoms with E-state index in [-0.39, 0.29) is 18.5 Å². The van der Waals surface area contributed by atoms with Gasteiger partial charge < -0.3 is 10.2 Å². The maximum Gasteiger partial charge on any atom is 0.325 e. The van der Waals surface area contributed by atoms with Crippen molar-refractivity contribution in [2.24, 2.45) is 0 Å². The van der Waals surface area contributed by atoms with E-state index in [1.165, 1.54) is 4.90 Å². The van der Waals surface area contributed by atoms with Crippen molar-refractivity contribution >= 4 is 58.1 Å². The molecule has 1 aliphatic heterocycles. The Hall–Kier alpha value is -1.95. The Kier molecular flexibility index (Phi) is 5.37. The number of halogens is 3. The van der Waals surface area contributed by atoms with Crippen molar-refractivity contribution in [2.75, 3.05) is 29.9 Å². The third kappa shape index (κ3) is 4.18. The molecule has 3 amide bonds. The zero-order valence-corrected chi connectivity index (χ0v) is 15.3. The van der Waals surface area contributed by atoms with Crippen LogP contribution in [0.4, 0.5) is 16.2 Å². The van der Waals surface area contributed by atoms with Gasteiger partial charge in [-0.3, -0.25) is 9.69 Å². The Morgan fingerprint density at radius 2 is 1.84 bits per heavy atom. The number of nitrogens with one attached hydrogen (secondary N) is 1. The van der Waals surface area contributed by atoms with Gasteiger partial charge in [-0.2, -0.15) is 0 Å². The molecule has 0 saturated carbocycles. The Labute approximate surface area is 160 Å². The van der Waals surface area contributed by atoms with E-state index in [1.807, 2.05) is 6.07 Å². The fourth-order valence-electron chi connectivity index (χ4n) is 2.56. The van der Waals surface area contributed by atoms with Crippen molar-refractivity contribution in [1.82, 2.24) is 4.90 Å². The number of urea groups is 1. The lowest BCUT2D eigenvalue weighted by Gasteiger charge is -2.18. The first kappa shape index (κ1) is 17.9. The van der Waals surface area contributed by atoms with Crippen LogP contribution in [0, 0.1) is 0 Å². The molecule has 8 heteroatoms. The first-order valence-corrected chi connectivity index (χ1v) is 8.64. The van der Waals surface area contributed by atoms with Crippen molar-refractivity contribution in [3.8, 4) is 0 Å². The smallest absolute Gasteiger partial charge is 0.324 e. The summed E-state index contributed by atoms with van der Waals surface area (Å²) in [5.74, 6) is -0.306. The molecule has 1 aliphatic rings. The highest BCUT2D eigenvalue weighted by Crippen LogP contribution is 2.26. The summed E-state index contributed by atoms with van der Waals surface area (Å²) in [6, 6.07) is 11.6. The predicted octanol–water partition coefficient (Wildman–Crippen LogP) is 4.53. The molecule has 1 heterocycles. The minimum atomic E-state index is -0.306. The number of hydrogen-bond acceptors (Lipinski definition) is 2. The van der Waals surface area contributed by atoms with Gasteiger partial charge in [0.15, 0.2) is 0 Å². The third-order valence-electron chi connectivity index (χ3n) is 3.75. The molecule has 0 aromatic heterocycles. The first-order valence-electron chi connectivity index (χ1n) is 7.51. The van der Waals surface area contributed by atoms with Gasteiger partial charge in [0.05, 0.1) is 10.0 Å². The summed E-state index contributed by atoms with van der Waals surface area (Å²) in [6.07, 6.45) is 0. The number of carbonyl (C=O) groups is 2. The summed E-state index contributed by atoms with van der Waals surface area (Å²) in [6.45, 7) is 0.912. The molecule has 130 valence electrons. The lowest BCUT2D eigenvalue weighted by Crippen LogP contribution is -2.37. The largest absolute Gasteiger partial charge is 0.325 e. The zero-order chi connectivity index (χ0) is 18.0. The predicted molar refractivity (Wildman–Crippen MR) is 101 cm³/mol. The number of hydrogen-bond donors (Lipinski definition) is 1. The number of carbonyl (C=O) groups excluding carboxylic acids is 2. The number of nitrogens with zero attached hydrogens (tertiary/aromatic N) is 2. The minimum absolute atomic E-state index is 0.0455. The van der Waals surface area contributed by atoms with Crippen molar-refractivity contribution < 1.29 is 9.59 Å². The van der Waals surface area contributed by atoms with Crippen LogP contribution < -0.4 is 10.2 Å². The van der Waals surface area contributed by atoms with Crippen LogP contribution in [-0.4, -0.2) is 36.5 Å². The highest BCUT2D eigenvalue weighted by atomic mass is 35.5. The summed E-state index contributed by atoms with van der Waals surface area (Å²) in [5.41, 5.74) is 1.24. The molecule has 0 unspecified atom stereocenters. The lowest BCUT2D eigenvalue weighted by atomic mass is 10.3. The molecule has 0 bridgehead atoms. The van der Waals surface area contributed by atoms with Gasteiger partial charge in [0.2, 0.25) is 5.91 Å². The van der Waals surface area contributed by atoms with Crippen LogP contribution in [0.5, 0.6) is 0 Å². The highest BCUT2D eigenvalue weighted by molar-refractivity contribution is 6.42. The maximum atomic E-state index is 12.5. The summed E-state index contributed by atoms with van der Waals surface area (Å²) in [4.78, 5) is 27.8. The Morgan fingerprint density at radius 3 is 2.56 bits per heavy atom. The minimum Gasteiger partial charge on any atom is -0.324 e. The first-order chi connectivity index (χ1) is 11.9. The van der Waals surface area contributed by atoms with E-state index in [9.17, 15) is 9.59 Å². The van der Waals surface area contributed by atoms with Crippen LogP contribution in [0.25, 0.3) is 0 Å². The van der Waals surface area contributed by atoms with Gasteiger partial charge in [-0.25, -0.2) is 4.79 Å². The van der Waals surface area contributed by atoms with E-state index in [4.69, 9.17) is 34.8 Å². The summed E-state index contributed by atoms with van der Waals surface area (Å²) in [5, 5.41) is 4.02. The van der Waals surface area contributed by atoms with Crippen LogP contribution in [0.1, 0.15) is 0 Å². The van der Waals surface area contributed by atoms with Crippen molar-refractivity contribution in [1.29, 1.82) is 0 Å². The molecule has 0 aliphatic carbocycles.